The number of rotatable bonds is 1. The molecule has 0 radical (unpaired) electrons. The second-order valence-corrected chi connectivity index (χ2v) is 2.32. The lowest BCUT2D eigenvalue weighted by atomic mass is 10.4. The summed E-state index contributed by atoms with van der Waals surface area (Å²) in [7, 11) is 0. The van der Waals surface area contributed by atoms with E-state index in [4.69, 9.17) is 5.11 Å². The van der Waals surface area contributed by atoms with Gasteiger partial charge in [0.2, 0.25) is 0 Å². The van der Waals surface area contributed by atoms with E-state index in [0.29, 0.717) is 13.1 Å². The topological polar surface area (TPSA) is 66.8 Å². The third kappa shape index (κ3) is 2.19. The van der Waals surface area contributed by atoms with Crippen molar-refractivity contribution in [1.29, 1.82) is 0 Å². The van der Waals surface area contributed by atoms with Gasteiger partial charge in [-0.2, -0.15) is 0 Å². The molecule has 11 heavy (non-hydrogen) atoms. The van der Waals surface area contributed by atoms with Gasteiger partial charge in [-0.05, 0) is 12.8 Å². The van der Waals surface area contributed by atoms with Gasteiger partial charge in [0.15, 0.2) is 0 Å². The van der Waals surface area contributed by atoms with Crippen LogP contribution in [0.4, 0.5) is 0 Å². The molecule has 1 saturated heterocycles. The van der Waals surface area contributed by atoms with E-state index in [1.54, 1.807) is 0 Å². The molecular weight excluding hydrogens is 150 g/mol. The van der Waals surface area contributed by atoms with Gasteiger partial charge in [-0.1, -0.05) is 0 Å². The Balaban J connectivity index is 2.29. The number of nitrogens with zero attached hydrogens (tertiary/aromatic N) is 1. The molecule has 1 aliphatic heterocycles. The standard InChI is InChI=1S/C6H9NO4/c8-5(9)6(10)11-7-3-1-2-4-7/h1-4H2,(H,8,9). The average Bonchev–Trinajstić information content (AvgIpc) is 2.39. The molecule has 1 heterocycles. The highest BCUT2D eigenvalue weighted by molar-refractivity contribution is 6.28. The number of carbonyl (C=O) groups is 2. The van der Waals surface area contributed by atoms with Crippen molar-refractivity contribution < 1.29 is 19.5 Å². The molecule has 0 bridgehead atoms. The van der Waals surface area contributed by atoms with Crippen LogP contribution in [0.1, 0.15) is 12.8 Å². The van der Waals surface area contributed by atoms with Crippen LogP contribution in [-0.2, 0) is 14.4 Å². The van der Waals surface area contributed by atoms with Crippen LogP contribution < -0.4 is 0 Å². The Hall–Kier alpha value is -1.10. The van der Waals surface area contributed by atoms with E-state index in [1.807, 2.05) is 0 Å². The summed E-state index contributed by atoms with van der Waals surface area (Å²) < 4.78 is 0. The van der Waals surface area contributed by atoms with Crippen LogP contribution in [0.2, 0.25) is 0 Å². The van der Waals surface area contributed by atoms with Crippen LogP contribution in [0.5, 0.6) is 0 Å². The molecule has 0 spiro atoms. The Labute approximate surface area is 63.5 Å². The summed E-state index contributed by atoms with van der Waals surface area (Å²) in [5.41, 5.74) is 0. The molecule has 0 aromatic heterocycles. The minimum absolute atomic E-state index is 0.638. The summed E-state index contributed by atoms with van der Waals surface area (Å²) >= 11 is 0. The summed E-state index contributed by atoms with van der Waals surface area (Å²) in [6.45, 7) is 1.28. The molecule has 1 fully saturated rings. The van der Waals surface area contributed by atoms with E-state index in [2.05, 4.69) is 4.84 Å². The van der Waals surface area contributed by atoms with Gasteiger partial charge in [0.25, 0.3) is 0 Å². The van der Waals surface area contributed by atoms with Crippen LogP contribution in [0.25, 0.3) is 0 Å². The number of hydrogen-bond donors (Lipinski definition) is 1. The van der Waals surface area contributed by atoms with Crippen LogP contribution in [0.15, 0.2) is 0 Å². The number of carbonyl (C=O) groups excluding carboxylic acids is 1. The molecule has 0 aromatic rings. The molecule has 1 rings (SSSR count). The number of aliphatic carboxylic acids is 1. The van der Waals surface area contributed by atoms with E-state index in [0.717, 1.165) is 12.8 Å². The van der Waals surface area contributed by atoms with Gasteiger partial charge in [0.1, 0.15) is 0 Å². The molecular formula is C6H9NO4. The van der Waals surface area contributed by atoms with Crippen molar-refractivity contribution >= 4 is 11.9 Å². The molecule has 0 aromatic carbocycles. The van der Waals surface area contributed by atoms with Crippen molar-refractivity contribution in [2.45, 2.75) is 12.8 Å². The largest absolute Gasteiger partial charge is 0.473 e. The van der Waals surface area contributed by atoms with Gasteiger partial charge in [0, 0.05) is 13.1 Å². The summed E-state index contributed by atoms with van der Waals surface area (Å²) in [6, 6.07) is 0. The first-order valence-electron chi connectivity index (χ1n) is 3.40. The normalized spacial score (nSPS) is 18.2. The van der Waals surface area contributed by atoms with Crippen molar-refractivity contribution in [1.82, 2.24) is 5.06 Å². The Morgan fingerprint density at radius 3 is 2.27 bits per heavy atom. The Bertz CT molecular complexity index is 173. The van der Waals surface area contributed by atoms with E-state index in [9.17, 15) is 9.59 Å². The predicted molar refractivity (Wildman–Crippen MR) is 34.5 cm³/mol. The highest BCUT2D eigenvalue weighted by Crippen LogP contribution is 2.07. The Kier molecular flexibility index (Phi) is 2.43. The van der Waals surface area contributed by atoms with Crippen molar-refractivity contribution in [3.8, 4) is 0 Å². The van der Waals surface area contributed by atoms with Crippen LogP contribution in [0.3, 0.4) is 0 Å². The van der Waals surface area contributed by atoms with Gasteiger partial charge >= 0.3 is 11.9 Å². The minimum atomic E-state index is -1.54. The first-order valence-corrected chi connectivity index (χ1v) is 3.40. The molecule has 5 heteroatoms. The number of hydroxylamine groups is 2. The molecule has 1 N–H and O–H groups in total. The van der Waals surface area contributed by atoms with E-state index in [-0.39, 0.29) is 0 Å². The van der Waals surface area contributed by atoms with Gasteiger partial charge in [0.05, 0.1) is 0 Å². The molecule has 5 nitrogen and oxygen atoms in total. The average molecular weight is 159 g/mol. The summed E-state index contributed by atoms with van der Waals surface area (Å²) in [4.78, 5) is 24.9. The second-order valence-electron chi connectivity index (χ2n) is 2.32. The van der Waals surface area contributed by atoms with Crippen molar-refractivity contribution in [3.63, 3.8) is 0 Å². The SMILES string of the molecule is O=C(O)C(=O)ON1CCCC1. The van der Waals surface area contributed by atoms with Gasteiger partial charge in [-0.25, -0.2) is 9.59 Å². The third-order valence-corrected chi connectivity index (χ3v) is 1.45. The first-order chi connectivity index (χ1) is 5.20. The zero-order valence-corrected chi connectivity index (χ0v) is 5.95. The Morgan fingerprint density at radius 1 is 1.27 bits per heavy atom. The van der Waals surface area contributed by atoms with Crippen LogP contribution in [-0.4, -0.2) is 35.2 Å². The van der Waals surface area contributed by atoms with Gasteiger partial charge in [-0.3, -0.25) is 0 Å². The maximum Gasteiger partial charge on any atom is 0.436 e. The second kappa shape index (κ2) is 3.34. The smallest absolute Gasteiger partial charge is 0.436 e. The minimum Gasteiger partial charge on any atom is -0.473 e. The quantitative estimate of drug-likeness (QED) is 0.528. The highest BCUT2D eigenvalue weighted by atomic mass is 16.7. The molecule has 1 aliphatic rings. The fraction of sp³-hybridized carbons (Fsp3) is 0.667. The van der Waals surface area contributed by atoms with E-state index in [1.165, 1.54) is 5.06 Å². The molecule has 0 aliphatic carbocycles. The molecule has 0 unspecified atom stereocenters. The number of carboxylic acids is 1. The Morgan fingerprint density at radius 2 is 1.82 bits per heavy atom. The lowest BCUT2D eigenvalue weighted by molar-refractivity contribution is -0.193. The zero-order chi connectivity index (χ0) is 8.27. The van der Waals surface area contributed by atoms with Crippen LogP contribution in [0, 0.1) is 0 Å². The van der Waals surface area contributed by atoms with Gasteiger partial charge < -0.3 is 9.94 Å². The molecule has 0 atom stereocenters. The fourth-order valence-electron chi connectivity index (χ4n) is 0.936. The lowest BCUT2D eigenvalue weighted by Gasteiger charge is -2.11. The van der Waals surface area contributed by atoms with Gasteiger partial charge in [-0.15, -0.1) is 5.06 Å². The predicted octanol–water partition coefficient (Wildman–Crippen LogP) is -0.375. The summed E-state index contributed by atoms with van der Waals surface area (Å²) in [5, 5.41) is 9.51. The van der Waals surface area contributed by atoms with E-state index < -0.39 is 11.9 Å². The molecule has 0 saturated carbocycles. The zero-order valence-electron chi connectivity index (χ0n) is 5.95. The maximum absolute atomic E-state index is 10.4. The fourth-order valence-corrected chi connectivity index (χ4v) is 0.936. The maximum atomic E-state index is 10.4. The van der Waals surface area contributed by atoms with Crippen molar-refractivity contribution in [2.75, 3.05) is 13.1 Å². The summed E-state index contributed by atoms with van der Waals surface area (Å²) in [5.74, 6) is -2.75. The number of hydrogen-bond acceptors (Lipinski definition) is 4. The van der Waals surface area contributed by atoms with E-state index >= 15 is 0 Å². The highest BCUT2D eigenvalue weighted by Gasteiger charge is 2.20. The summed E-state index contributed by atoms with van der Waals surface area (Å²) in [6.07, 6.45) is 1.90. The third-order valence-electron chi connectivity index (χ3n) is 1.45. The van der Waals surface area contributed by atoms with Crippen molar-refractivity contribution in [2.24, 2.45) is 0 Å². The first kappa shape index (κ1) is 8.00. The molecule has 0 amide bonds. The molecule has 62 valence electrons. The monoisotopic (exact) mass is 159 g/mol. The lowest BCUT2D eigenvalue weighted by Crippen LogP contribution is -2.28. The van der Waals surface area contributed by atoms with Crippen molar-refractivity contribution in [3.05, 3.63) is 0 Å². The number of carboxylic acid groups (broad SMARTS) is 1. The van der Waals surface area contributed by atoms with Crippen LogP contribution >= 0.6 is 0 Å².